The molecule has 0 aliphatic rings. The first kappa shape index (κ1) is 14.5. The third-order valence-corrected chi connectivity index (χ3v) is 3.63. The molecule has 0 unspecified atom stereocenters. The molecule has 0 aliphatic carbocycles. The van der Waals surface area contributed by atoms with Crippen LogP contribution in [0.15, 0.2) is 24.3 Å². The lowest BCUT2D eigenvalue weighted by molar-refractivity contribution is 0.590. The van der Waals surface area contributed by atoms with E-state index in [1.54, 1.807) is 0 Å². The molecule has 3 heteroatoms. The second-order valence-corrected chi connectivity index (χ2v) is 6.19. The molecule has 0 aliphatic heterocycles. The summed E-state index contributed by atoms with van der Waals surface area (Å²) >= 11 is 0. The van der Waals surface area contributed by atoms with Crippen molar-refractivity contribution in [3.05, 3.63) is 41.1 Å². The Morgan fingerprint density at radius 3 is 2.15 bits per heavy atom. The van der Waals surface area contributed by atoms with Gasteiger partial charge in [0.15, 0.2) is 5.82 Å². The molecule has 1 aromatic carbocycles. The fourth-order valence-electron chi connectivity index (χ4n) is 2.18. The number of benzene rings is 1. The van der Waals surface area contributed by atoms with Crippen LogP contribution in [0.2, 0.25) is 0 Å². The molecule has 0 saturated heterocycles. The fraction of sp³-hybridized carbons (Fsp3) is 0.412. The summed E-state index contributed by atoms with van der Waals surface area (Å²) in [6, 6.07) is 8.43. The zero-order chi connectivity index (χ0) is 14.9. The minimum atomic E-state index is 0.153. The first-order chi connectivity index (χ1) is 9.32. The average molecular weight is 269 g/mol. The van der Waals surface area contributed by atoms with Crippen molar-refractivity contribution in [1.29, 1.82) is 0 Å². The number of aryl methyl sites for hydroxylation is 1. The van der Waals surface area contributed by atoms with Crippen LogP contribution in [-0.2, 0) is 11.8 Å². The van der Waals surface area contributed by atoms with E-state index in [-0.39, 0.29) is 5.41 Å². The van der Waals surface area contributed by atoms with Crippen molar-refractivity contribution < 1.29 is 0 Å². The number of rotatable bonds is 2. The van der Waals surface area contributed by atoms with Crippen molar-refractivity contribution in [3.8, 4) is 11.4 Å². The molecule has 20 heavy (non-hydrogen) atoms. The summed E-state index contributed by atoms with van der Waals surface area (Å²) in [6.07, 6.45) is 0.867. The van der Waals surface area contributed by atoms with Gasteiger partial charge >= 0.3 is 0 Å². The molecule has 0 atom stereocenters. The van der Waals surface area contributed by atoms with E-state index in [1.165, 1.54) is 5.56 Å². The van der Waals surface area contributed by atoms with E-state index < -0.39 is 0 Å². The predicted molar refractivity (Wildman–Crippen MR) is 84.7 cm³/mol. The van der Waals surface area contributed by atoms with Crippen molar-refractivity contribution in [3.63, 3.8) is 0 Å². The first-order valence-corrected chi connectivity index (χ1v) is 7.07. The zero-order valence-electron chi connectivity index (χ0n) is 13.0. The number of anilines is 1. The van der Waals surface area contributed by atoms with Crippen molar-refractivity contribution >= 4 is 5.82 Å². The molecule has 0 saturated carbocycles. The van der Waals surface area contributed by atoms with E-state index in [0.717, 1.165) is 23.2 Å². The van der Waals surface area contributed by atoms with Crippen LogP contribution in [0.5, 0.6) is 0 Å². The maximum atomic E-state index is 5.98. The highest BCUT2D eigenvalue weighted by Crippen LogP contribution is 2.26. The molecular formula is C17H23N3. The number of aromatic nitrogens is 2. The van der Waals surface area contributed by atoms with Crippen LogP contribution < -0.4 is 5.73 Å². The molecule has 0 fully saturated rings. The number of hydrogen-bond acceptors (Lipinski definition) is 3. The number of nitrogens with two attached hydrogens (primary N) is 1. The van der Waals surface area contributed by atoms with Crippen LogP contribution in [0, 0.1) is 6.92 Å². The highest BCUT2D eigenvalue weighted by molar-refractivity contribution is 5.59. The SMILES string of the molecule is CCc1nc(-c2ccc(C(C)(C)C)cc2)nc(N)c1C. The van der Waals surface area contributed by atoms with E-state index in [0.29, 0.717) is 11.6 Å². The minimum absolute atomic E-state index is 0.153. The predicted octanol–water partition coefficient (Wildman–Crippen LogP) is 3.89. The van der Waals surface area contributed by atoms with Gasteiger partial charge in [0.1, 0.15) is 5.82 Å². The summed E-state index contributed by atoms with van der Waals surface area (Å²) in [7, 11) is 0. The second kappa shape index (κ2) is 5.23. The Balaban J connectivity index is 2.44. The Bertz CT molecular complexity index is 607. The Labute approximate surface area is 121 Å². The lowest BCUT2D eigenvalue weighted by atomic mass is 9.86. The van der Waals surface area contributed by atoms with E-state index in [1.807, 2.05) is 6.92 Å². The van der Waals surface area contributed by atoms with Gasteiger partial charge < -0.3 is 5.73 Å². The van der Waals surface area contributed by atoms with Crippen LogP contribution in [0.4, 0.5) is 5.82 Å². The maximum absolute atomic E-state index is 5.98. The number of nitrogens with zero attached hydrogens (tertiary/aromatic N) is 2. The number of nitrogen functional groups attached to an aromatic ring is 1. The van der Waals surface area contributed by atoms with Gasteiger partial charge in [-0.15, -0.1) is 0 Å². The Morgan fingerprint density at radius 1 is 1.05 bits per heavy atom. The molecule has 0 bridgehead atoms. The van der Waals surface area contributed by atoms with Crippen LogP contribution >= 0.6 is 0 Å². The largest absolute Gasteiger partial charge is 0.383 e. The molecule has 1 heterocycles. The molecule has 106 valence electrons. The lowest BCUT2D eigenvalue weighted by Gasteiger charge is -2.19. The molecule has 2 aromatic rings. The standard InChI is InChI=1S/C17H23N3/c1-6-14-11(2)15(18)20-16(19-14)12-7-9-13(10-8-12)17(3,4)5/h7-10H,6H2,1-5H3,(H2,18,19,20). The topological polar surface area (TPSA) is 51.8 Å². The van der Waals surface area contributed by atoms with Gasteiger partial charge in [0.25, 0.3) is 0 Å². The minimum Gasteiger partial charge on any atom is -0.383 e. The van der Waals surface area contributed by atoms with Crippen molar-refractivity contribution in [2.24, 2.45) is 0 Å². The first-order valence-electron chi connectivity index (χ1n) is 7.07. The molecule has 0 radical (unpaired) electrons. The Morgan fingerprint density at radius 2 is 1.65 bits per heavy atom. The monoisotopic (exact) mass is 269 g/mol. The van der Waals surface area contributed by atoms with Gasteiger partial charge in [-0.05, 0) is 24.3 Å². The zero-order valence-corrected chi connectivity index (χ0v) is 13.0. The third-order valence-electron chi connectivity index (χ3n) is 3.63. The fourth-order valence-corrected chi connectivity index (χ4v) is 2.18. The summed E-state index contributed by atoms with van der Waals surface area (Å²) in [5.74, 6) is 1.29. The summed E-state index contributed by atoms with van der Waals surface area (Å²) in [6.45, 7) is 10.7. The summed E-state index contributed by atoms with van der Waals surface area (Å²) in [5, 5.41) is 0. The van der Waals surface area contributed by atoms with E-state index in [4.69, 9.17) is 5.73 Å². The number of hydrogen-bond donors (Lipinski definition) is 1. The van der Waals surface area contributed by atoms with Crippen LogP contribution in [-0.4, -0.2) is 9.97 Å². The smallest absolute Gasteiger partial charge is 0.161 e. The molecule has 2 N–H and O–H groups in total. The maximum Gasteiger partial charge on any atom is 0.161 e. The van der Waals surface area contributed by atoms with Gasteiger partial charge in [-0.2, -0.15) is 0 Å². The van der Waals surface area contributed by atoms with Gasteiger partial charge in [-0.25, -0.2) is 9.97 Å². The van der Waals surface area contributed by atoms with Crippen molar-refractivity contribution in [2.45, 2.75) is 46.5 Å². The molecule has 1 aromatic heterocycles. The van der Waals surface area contributed by atoms with Crippen LogP contribution in [0.3, 0.4) is 0 Å². The lowest BCUT2D eigenvalue weighted by Crippen LogP contribution is -2.10. The van der Waals surface area contributed by atoms with Crippen molar-refractivity contribution in [1.82, 2.24) is 9.97 Å². The average Bonchev–Trinajstić information content (AvgIpc) is 2.41. The van der Waals surface area contributed by atoms with Gasteiger partial charge in [0, 0.05) is 16.8 Å². The highest BCUT2D eigenvalue weighted by Gasteiger charge is 2.14. The van der Waals surface area contributed by atoms with E-state index in [2.05, 4.69) is 61.9 Å². The van der Waals surface area contributed by atoms with Gasteiger partial charge in [0.05, 0.1) is 0 Å². The molecule has 3 nitrogen and oxygen atoms in total. The normalized spacial score (nSPS) is 11.7. The van der Waals surface area contributed by atoms with Gasteiger partial charge in [0.2, 0.25) is 0 Å². The van der Waals surface area contributed by atoms with Gasteiger partial charge in [-0.3, -0.25) is 0 Å². The molecular weight excluding hydrogens is 246 g/mol. The van der Waals surface area contributed by atoms with E-state index >= 15 is 0 Å². The summed E-state index contributed by atoms with van der Waals surface area (Å²) < 4.78 is 0. The quantitative estimate of drug-likeness (QED) is 0.899. The molecule has 0 amide bonds. The van der Waals surface area contributed by atoms with Crippen molar-refractivity contribution in [2.75, 3.05) is 5.73 Å². The highest BCUT2D eigenvalue weighted by atomic mass is 15.0. The van der Waals surface area contributed by atoms with Crippen LogP contribution in [0.25, 0.3) is 11.4 Å². The van der Waals surface area contributed by atoms with Crippen LogP contribution in [0.1, 0.15) is 44.5 Å². The Kier molecular flexibility index (Phi) is 3.80. The van der Waals surface area contributed by atoms with Gasteiger partial charge in [-0.1, -0.05) is 52.0 Å². The molecule has 0 spiro atoms. The Hall–Kier alpha value is -1.90. The second-order valence-electron chi connectivity index (χ2n) is 6.19. The summed E-state index contributed by atoms with van der Waals surface area (Å²) in [5.41, 5.74) is 10.5. The van der Waals surface area contributed by atoms with E-state index in [9.17, 15) is 0 Å². The third kappa shape index (κ3) is 2.82. The summed E-state index contributed by atoms with van der Waals surface area (Å²) in [4.78, 5) is 9.03. The molecule has 2 rings (SSSR count).